The number of hydrogen-bond acceptors (Lipinski definition) is 11. The molecule has 1 aliphatic rings. The molecule has 3 rings (SSSR count). The highest BCUT2D eigenvalue weighted by atomic mass is 31.2. The van der Waals surface area contributed by atoms with Gasteiger partial charge in [0.25, 0.3) is 5.56 Å². The largest absolute Gasteiger partial charge is 0.462 e. The van der Waals surface area contributed by atoms with Crippen molar-refractivity contribution in [3.8, 4) is 5.75 Å². The summed E-state index contributed by atoms with van der Waals surface area (Å²) in [5.74, 6) is -0.733. The van der Waals surface area contributed by atoms with Crippen LogP contribution in [0.15, 0.2) is 46.1 Å². The maximum atomic E-state index is 14.6. The third-order valence-corrected chi connectivity index (χ3v) is 7.77. The molecule has 0 saturated carbocycles. The van der Waals surface area contributed by atoms with E-state index in [-0.39, 0.29) is 12.3 Å². The monoisotopic (exact) mass is 588 g/mol. The lowest BCUT2D eigenvalue weighted by Gasteiger charge is -2.32. The number of aliphatic hydroxyl groups excluding tert-OH is 1. The Morgan fingerprint density at radius 1 is 1.27 bits per heavy atom. The van der Waals surface area contributed by atoms with Crippen LogP contribution in [0.3, 0.4) is 0 Å². The number of esters is 1. The van der Waals surface area contributed by atoms with E-state index in [1.54, 1.807) is 26.0 Å². The molecule has 1 aromatic carbocycles. The molecule has 1 saturated heterocycles. The molecule has 2 unspecified atom stereocenters. The lowest BCUT2D eigenvalue weighted by molar-refractivity contribution is -0.149. The molecule has 40 heavy (non-hydrogen) atoms. The number of hydrogen-bond donors (Lipinski definition) is 5. The van der Waals surface area contributed by atoms with Gasteiger partial charge in [-0.1, -0.05) is 12.1 Å². The van der Waals surface area contributed by atoms with E-state index in [0.717, 1.165) is 29.3 Å². The molecule has 1 aliphatic heterocycles. The molecular weight excluding hydrogens is 554 g/mol. The molecule has 14 nitrogen and oxygen atoms in total. The second-order valence-electron chi connectivity index (χ2n) is 9.86. The molecule has 16 heteroatoms. The first-order chi connectivity index (χ1) is 18.7. The summed E-state index contributed by atoms with van der Waals surface area (Å²) in [6, 6.07) is 5.86. The summed E-state index contributed by atoms with van der Waals surface area (Å²) in [6.07, 6.45) is -3.17. The molecule has 0 aliphatic carbocycles. The fourth-order valence-electron chi connectivity index (χ4n) is 4.01. The zero-order valence-electron chi connectivity index (χ0n) is 22.4. The molecule has 0 bridgehead atoms. The summed E-state index contributed by atoms with van der Waals surface area (Å²) in [5, 5.41) is 24.4. The van der Waals surface area contributed by atoms with Crippen molar-refractivity contribution >= 4 is 13.7 Å². The van der Waals surface area contributed by atoms with Crippen molar-refractivity contribution in [2.75, 3.05) is 13.3 Å². The molecule has 0 spiro atoms. The van der Waals surface area contributed by atoms with E-state index in [1.807, 2.05) is 4.98 Å². The van der Waals surface area contributed by atoms with Crippen LogP contribution in [0.5, 0.6) is 5.75 Å². The number of ether oxygens (including phenoxy) is 2. The summed E-state index contributed by atoms with van der Waals surface area (Å²) in [4.78, 5) is 38.2. The van der Waals surface area contributed by atoms with Crippen molar-refractivity contribution in [1.29, 1.82) is 0 Å². The first-order valence-electron chi connectivity index (χ1n) is 12.3. The fraction of sp³-hybridized carbons (Fsp3) is 0.542. The number of benzene rings is 1. The molecule has 6 N–H and O–H groups in total. The van der Waals surface area contributed by atoms with E-state index in [4.69, 9.17) is 24.3 Å². The van der Waals surface area contributed by atoms with Gasteiger partial charge in [0.15, 0.2) is 11.8 Å². The summed E-state index contributed by atoms with van der Waals surface area (Å²) in [7, 11) is -4.54. The first kappa shape index (κ1) is 31.6. The molecule has 222 valence electrons. The van der Waals surface area contributed by atoms with Crippen LogP contribution in [0.25, 0.3) is 0 Å². The number of aromatic nitrogens is 2. The van der Waals surface area contributed by atoms with Crippen LogP contribution < -0.4 is 26.6 Å². The predicted octanol–water partition coefficient (Wildman–Crippen LogP) is 0.478. The Bertz CT molecular complexity index is 1350. The number of nitrogens with two attached hydrogens (primary N) is 1. The Kier molecular flexibility index (Phi) is 9.73. The lowest BCUT2D eigenvalue weighted by Crippen LogP contribution is -2.53. The number of carbonyl (C=O) groups excluding carboxylic acids is 1. The summed E-state index contributed by atoms with van der Waals surface area (Å²) in [5.41, 5.74) is 0.000235. The highest BCUT2D eigenvalue weighted by Gasteiger charge is 2.63. The fourth-order valence-corrected chi connectivity index (χ4v) is 5.56. The predicted molar refractivity (Wildman–Crippen MR) is 139 cm³/mol. The minimum atomic E-state index is -4.54. The van der Waals surface area contributed by atoms with Crippen LogP contribution in [-0.2, 0) is 29.9 Å². The van der Waals surface area contributed by atoms with Gasteiger partial charge < -0.3 is 29.9 Å². The molecule has 1 aromatic heterocycles. The van der Waals surface area contributed by atoms with E-state index in [0.29, 0.717) is 0 Å². The number of H-pyrrole nitrogens is 1. The number of nitrogens with one attached hydrogen (secondary N) is 2. The molecule has 0 radical (unpaired) electrons. The highest BCUT2D eigenvalue weighted by molar-refractivity contribution is 7.52. The van der Waals surface area contributed by atoms with E-state index >= 15 is 0 Å². The molecule has 2 aromatic rings. The molecule has 0 amide bonds. The number of carbonyl (C=O) groups is 1. The van der Waals surface area contributed by atoms with Gasteiger partial charge in [-0.25, -0.2) is 13.8 Å². The smallest absolute Gasteiger partial charge is 0.459 e. The third kappa shape index (κ3) is 6.86. The molecule has 2 heterocycles. The summed E-state index contributed by atoms with van der Waals surface area (Å²) in [6.45, 7) is 3.48. The van der Waals surface area contributed by atoms with Crippen LogP contribution >= 0.6 is 7.75 Å². The highest BCUT2D eigenvalue weighted by Crippen LogP contribution is 2.50. The SMILES string of the molecule is CC(C)OC(=O)C(C)NP(=O)(OC[C@@]1(CF)O[C@@H](n2ccc(=O)[nH]c2=O)[C@](C)(O)[C@@H]1O)Oc1ccc(CN)cc1. The second kappa shape index (κ2) is 12.3. The number of alkyl halides is 1. The van der Waals surface area contributed by atoms with Crippen molar-refractivity contribution in [3.63, 3.8) is 0 Å². The number of aliphatic hydroxyl groups is 2. The van der Waals surface area contributed by atoms with Crippen LogP contribution in [0, 0.1) is 0 Å². The number of aromatic amines is 1. The topological polar surface area (TPSA) is 204 Å². The van der Waals surface area contributed by atoms with E-state index in [1.165, 1.54) is 19.1 Å². The van der Waals surface area contributed by atoms with Gasteiger partial charge in [0.2, 0.25) is 0 Å². The van der Waals surface area contributed by atoms with Gasteiger partial charge in [-0.2, -0.15) is 5.09 Å². The molecule has 6 atom stereocenters. The maximum absolute atomic E-state index is 14.6. The minimum Gasteiger partial charge on any atom is -0.462 e. The Balaban J connectivity index is 1.92. The lowest BCUT2D eigenvalue weighted by atomic mass is 9.88. The Hall–Kier alpha value is -2.91. The average Bonchev–Trinajstić information content (AvgIpc) is 3.08. The van der Waals surface area contributed by atoms with Crippen molar-refractivity contribution in [1.82, 2.24) is 14.6 Å². The Morgan fingerprint density at radius 2 is 1.93 bits per heavy atom. The Morgan fingerprint density at radius 3 is 2.48 bits per heavy atom. The minimum absolute atomic E-state index is 0.0457. The zero-order chi connectivity index (χ0) is 29.9. The van der Waals surface area contributed by atoms with Gasteiger partial charge >= 0.3 is 19.4 Å². The van der Waals surface area contributed by atoms with Crippen molar-refractivity contribution in [2.24, 2.45) is 5.73 Å². The first-order valence-corrected chi connectivity index (χ1v) is 13.9. The molecular formula is C24H34FN4O10P. The summed E-state index contributed by atoms with van der Waals surface area (Å²) >= 11 is 0. The summed E-state index contributed by atoms with van der Waals surface area (Å²) < 4.78 is 51.0. The average molecular weight is 589 g/mol. The Labute approximate surface area is 228 Å². The van der Waals surface area contributed by atoms with Gasteiger partial charge in [-0.3, -0.25) is 23.7 Å². The van der Waals surface area contributed by atoms with Gasteiger partial charge in [0.1, 0.15) is 30.2 Å². The van der Waals surface area contributed by atoms with Crippen molar-refractivity contribution < 1.29 is 42.5 Å². The number of rotatable bonds is 12. The van der Waals surface area contributed by atoms with Crippen LogP contribution in [0.2, 0.25) is 0 Å². The quantitative estimate of drug-likeness (QED) is 0.170. The van der Waals surface area contributed by atoms with Gasteiger partial charge in [0, 0.05) is 18.8 Å². The van der Waals surface area contributed by atoms with E-state index in [9.17, 15) is 33.6 Å². The van der Waals surface area contributed by atoms with Crippen LogP contribution in [-0.4, -0.2) is 68.5 Å². The van der Waals surface area contributed by atoms with E-state index in [2.05, 4.69) is 5.09 Å². The van der Waals surface area contributed by atoms with E-state index < -0.39 is 73.9 Å². The van der Waals surface area contributed by atoms with Crippen molar-refractivity contribution in [2.45, 2.75) is 69.9 Å². The van der Waals surface area contributed by atoms with Gasteiger partial charge in [-0.05, 0) is 45.4 Å². The van der Waals surface area contributed by atoms with Crippen molar-refractivity contribution in [3.05, 3.63) is 62.9 Å². The van der Waals surface area contributed by atoms with Gasteiger partial charge in [-0.15, -0.1) is 0 Å². The normalized spacial score (nSPS) is 26.8. The number of halogens is 1. The van der Waals surface area contributed by atoms with Crippen LogP contribution in [0.1, 0.15) is 39.5 Å². The third-order valence-electron chi connectivity index (χ3n) is 6.15. The second-order valence-corrected chi connectivity index (χ2v) is 11.6. The molecule has 1 fully saturated rings. The standard InChI is InChI=1S/C24H34FN4O10P/c1-14(2)37-19(31)15(3)28-40(35,39-17-7-5-16(11-26)6-8-17)36-13-24(12-25)20(32)23(4,34)21(38-24)29-10-9-18(30)27-22(29)33/h5-10,14-15,20-21,32,34H,11-13,26H2,1-4H3,(H,28,35)(H,27,30,33)/t15?,20-,21+,23+,24+,40?/m0/s1. The van der Waals surface area contributed by atoms with Crippen LogP contribution in [0.4, 0.5) is 4.39 Å². The van der Waals surface area contributed by atoms with Gasteiger partial charge in [0.05, 0.1) is 12.7 Å². The maximum Gasteiger partial charge on any atom is 0.459 e. The number of nitrogens with zero attached hydrogens (tertiary/aromatic N) is 1. The zero-order valence-corrected chi connectivity index (χ0v) is 23.3.